The minimum Gasteiger partial charge on any atom is -0.398 e. The van der Waals surface area contributed by atoms with Crippen LogP contribution in [0.25, 0.3) is 0 Å². The molecule has 0 bridgehead atoms. The van der Waals surface area contributed by atoms with Crippen LogP contribution in [-0.4, -0.2) is 25.2 Å². The van der Waals surface area contributed by atoms with Crippen LogP contribution in [0, 0.1) is 6.92 Å². The predicted molar refractivity (Wildman–Crippen MR) is 69.0 cm³/mol. The summed E-state index contributed by atoms with van der Waals surface area (Å²) in [6.07, 6.45) is 0.00851. The lowest BCUT2D eigenvalue weighted by Gasteiger charge is -2.14. The number of rotatable bonds is 5. The Kier molecular flexibility index (Phi) is 4.97. The molecule has 0 radical (unpaired) electrons. The summed E-state index contributed by atoms with van der Waals surface area (Å²) in [5.41, 5.74) is 7.73. The summed E-state index contributed by atoms with van der Waals surface area (Å²) in [4.78, 5) is 11.9. The van der Waals surface area contributed by atoms with E-state index < -0.39 is 0 Å². The van der Waals surface area contributed by atoms with Crippen molar-refractivity contribution in [3.8, 4) is 0 Å². The minimum atomic E-state index is -0.146. The van der Waals surface area contributed by atoms with Crippen LogP contribution in [0.5, 0.6) is 0 Å². The number of aryl methyl sites for hydroxylation is 1. The topological polar surface area (TPSA) is 64.3 Å². The molecule has 1 atom stereocenters. The summed E-state index contributed by atoms with van der Waals surface area (Å²) >= 11 is 0. The van der Waals surface area contributed by atoms with Crippen LogP contribution in [0.4, 0.5) is 5.69 Å². The smallest absolute Gasteiger partial charge is 0.253 e. The molecule has 0 aromatic heterocycles. The molecule has 1 unspecified atom stereocenters. The van der Waals surface area contributed by atoms with Gasteiger partial charge >= 0.3 is 0 Å². The molecule has 0 heterocycles. The molecule has 1 aromatic carbocycles. The summed E-state index contributed by atoms with van der Waals surface area (Å²) in [6.45, 7) is 6.85. The summed E-state index contributed by atoms with van der Waals surface area (Å²) < 4.78 is 5.34. The highest BCUT2D eigenvalue weighted by atomic mass is 16.5. The summed E-state index contributed by atoms with van der Waals surface area (Å²) in [7, 11) is 0. The normalized spacial score (nSPS) is 12.2. The van der Waals surface area contributed by atoms with Crippen molar-refractivity contribution in [1.82, 2.24) is 5.32 Å². The number of hydrogen-bond donors (Lipinski definition) is 2. The Balaban J connectivity index is 2.64. The van der Waals surface area contributed by atoms with Gasteiger partial charge in [-0.05, 0) is 32.4 Å². The molecule has 0 saturated carbocycles. The number of anilines is 1. The molecule has 0 spiro atoms. The van der Waals surface area contributed by atoms with Crippen molar-refractivity contribution >= 4 is 11.6 Å². The Bertz CT molecular complexity index is 371. The number of nitrogens with two attached hydrogens (primary N) is 1. The Morgan fingerprint density at radius 1 is 1.53 bits per heavy atom. The van der Waals surface area contributed by atoms with Crippen LogP contribution in [0.15, 0.2) is 18.2 Å². The van der Waals surface area contributed by atoms with Crippen molar-refractivity contribution in [3.63, 3.8) is 0 Å². The molecule has 0 aliphatic heterocycles. The SMILES string of the molecule is CCOC(C)CNC(=O)c1c(C)cccc1N. The Morgan fingerprint density at radius 3 is 2.82 bits per heavy atom. The van der Waals surface area contributed by atoms with Gasteiger partial charge in [0.1, 0.15) is 0 Å². The third-order valence-corrected chi connectivity index (χ3v) is 2.53. The largest absolute Gasteiger partial charge is 0.398 e. The van der Waals surface area contributed by atoms with E-state index >= 15 is 0 Å². The van der Waals surface area contributed by atoms with Crippen molar-refractivity contribution < 1.29 is 9.53 Å². The van der Waals surface area contributed by atoms with E-state index in [1.807, 2.05) is 32.9 Å². The molecule has 1 rings (SSSR count). The van der Waals surface area contributed by atoms with E-state index in [1.54, 1.807) is 6.07 Å². The van der Waals surface area contributed by atoms with Gasteiger partial charge in [-0.3, -0.25) is 4.79 Å². The maximum Gasteiger partial charge on any atom is 0.253 e. The molecule has 4 nitrogen and oxygen atoms in total. The highest BCUT2D eigenvalue weighted by Crippen LogP contribution is 2.15. The van der Waals surface area contributed by atoms with Crippen molar-refractivity contribution in [2.45, 2.75) is 26.9 Å². The first-order chi connectivity index (χ1) is 8.06. The van der Waals surface area contributed by atoms with Crippen LogP contribution in [0.2, 0.25) is 0 Å². The fourth-order valence-corrected chi connectivity index (χ4v) is 1.67. The molecule has 0 aliphatic carbocycles. The van der Waals surface area contributed by atoms with Gasteiger partial charge in [0.15, 0.2) is 0 Å². The first-order valence-electron chi connectivity index (χ1n) is 5.81. The lowest BCUT2D eigenvalue weighted by atomic mass is 10.1. The van der Waals surface area contributed by atoms with Crippen LogP contribution < -0.4 is 11.1 Å². The van der Waals surface area contributed by atoms with E-state index in [0.717, 1.165) is 5.56 Å². The highest BCUT2D eigenvalue weighted by Gasteiger charge is 2.13. The molecule has 3 N–H and O–H groups in total. The number of nitrogens with one attached hydrogen (secondary N) is 1. The van der Waals surface area contributed by atoms with Gasteiger partial charge in [-0.25, -0.2) is 0 Å². The van der Waals surface area contributed by atoms with Gasteiger partial charge in [0.05, 0.1) is 11.7 Å². The average molecular weight is 236 g/mol. The van der Waals surface area contributed by atoms with Crippen LogP contribution in [-0.2, 0) is 4.74 Å². The Hall–Kier alpha value is -1.55. The van der Waals surface area contributed by atoms with Gasteiger partial charge in [-0.1, -0.05) is 12.1 Å². The second kappa shape index (κ2) is 6.25. The number of nitrogen functional groups attached to an aromatic ring is 1. The Morgan fingerprint density at radius 2 is 2.24 bits per heavy atom. The van der Waals surface area contributed by atoms with Gasteiger partial charge in [0.2, 0.25) is 0 Å². The third kappa shape index (κ3) is 3.75. The molecule has 94 valence electrons. The first kappa shape index (κ1) is 13.5. The molecule has 0 fully saturated rings. The van der Waals surface area contributed by atoms with Crippen molar-refractivity contribution in [2.24, 2.45) is 0 Å². The van der Waals surface area contributed by atoms with E-state index in [-0.39, 0.29) is 12.0 Å². The molecule has 17 heavy (non-hydrogen) atoms. The number of carbonyl (C=O) groups excluding carboxylic acids is 1. The van der Waals surface area contributed by atoms with Crippen molar-refractivity contribution in [1.29, 1.82) is 0 Å². The van der Waals surface area contributed by atoms with E-state index in [4.69, 9.17) is 10.5 Å². The second-order valence-electron chi connectivity index (χ2n) is 4.02. The van der Waals surface area contributed by atoms with E-state index in [2.05, 4.69) is 5.32 Å². The Labute approximate surface area is 102 Å². The zero-order valence-electron chi connectivity index (χ0n) is 10.6. The number of hydrogen-bond acceptors (Lipinski definition) is 3. The standard InChI is InChI=1S/C13H20N2O2/c1-4-17-10(3)8-15-13(16)12-9(2)6-5-7-11(12)14/h5-7,10H,4,8,14H2,1-3H3,(H,15,16). The fraction of sp³-hybridized carbons (Fsp3) is 0.462. The third-order valence-electron chi connectivity index (χ3n) is 2.53. The molecule has 1 amide bonds. The highest BCUT2D eigenvalue weighted by molar-refractivity contribution is 6.00. The maximum absolute atomic E-state index is 11.9. The first-order valence-corrected chi connectivity index (χ1v) is 5.81. The number of ether oxygens (including phenoxy) is 1. The summed E-state index contributed by atoms with van der Waals surface area (Å²) in [5.74, 6) is -0.146. The second-order valence-corrected chi connectivity index (χ2v) is 4.02. The van der Waals surface area contributed by atoms with Gasteiger partial charge < -0.3 is 15.8 Å². The molecule has 1 aromatic rings. The van der Waals surface area contributed by atoms with Crippen molar-refractivity contribution in [3.05, 3.63) is 29.3 Å². The summed E-state index contributed by atoms with van der Waals surface area (Å²) in [6, 6.07) is 5.44. The van der Waals surface area contributed by atoms with Crippen LogP contribution in [0.3, 0.4) is 0 Å². The number of carbonyl (C=O) groups is 1. The fourth-order valence-electron chi connectivity index (χ4n) is 1.67. The van der Waals surface area contributed by atoms with Gasteiger partial charge in [0.25, 0.3) is 5.91 Å². The number of benzene rings is 1. The van der Waals surface area contributed by atoms with E-state index in [0.29, 0.717) is 24.4 Å². The minimum absolute atomic E-state index is 0.00851. The molecule has 4 heteroatoms. The van der Waals surface area contributed by atoms with Crippen LogP contribution in [0.1, 0.15) is 29.8 Å². The van der Waals surface area contributed by atoms with Crippen LogP contribution >= 0.6 is 0 Å². The summed E-state index contributed by atoms with van der Waals surface area (Å²) in [5, 5.41) is 2.82. The van der Waals surface area contributed by atoms with E-state index in [9.17, 15) is 4.79 Å². The van der Waals surface area contributed by atoms with Crippen molar-refractivity contribution in [2.75, 3.05) is 18.9 Å². The zero-order valence-corrected chi connectivity index (χ0v) is 10.6. The lowest BCUT2D eigenvalue weighted by Crippen LogP contribution is -2.33. The van der Waals surface area contributed by atoms with Gasteiger partial charge in [-0.15, -0.1) is 0 Å². The average Bonchev–Trinajstić information content (AvgIpc) is 2.26. The lowest BCUT2D eigenvalue weighted by molar-refractivity contribution is 0.0695. The van der Waals surface area contributed by atoms with Gasteiger partial charge in [-0.2, -0.15) is 0 Å². The zero-order chi connectivity index (χ0) is 12.8. The van der Waals surface area contributed by atoms with E-state index in [1.165, 1.54) is 0 Å². The quantitative estimate of drug-likeness (QED) is 0.765. The van der Waals surface area contributed by atoms with Gasteiger partial charge in [0, 0.05) is 18.8 Å². The maximum atomic E-state index is 11.9. The molecular weight excluding hydrogens is 216 g/mol. The molecule has 0 aliphatic rings. The molecule has 0 saturated heterocycles. The monoisotopic (exact) mass is 236 g/mol. The predicted octanol–water partition coefficient (Wildman–Crippen LogP) is 1.73. The molecular formula is C13H20N2O2. The number of amides is 1.